The maximum absolute atomic E-state index is 13.5. The van der Waals surface area contributed by atoms with Gasteiger partial charge in [-0.05, 0) is 37.0 Å². The highest BCUT2D eigenvalue weighted by Crippen LogP contribution is 2.32. The molecule has 4 rings (SSSR count). The van der Waals surface area contributed by atoms with Crippen molar-refractivity contribution in [3.05, 3.63) is 119 Å². The van der Waals surface area contributed by atoms with E-state index in [9.17, 15) is 9.59 Å². The van der Waals surface area contributed by atoms with Crippen LogP contribution in [0.5, 0.6) is 0 Å². The molecule has 3 aromatic carbocycles. The number of hydrogen-bond acceptors (Lipinski definition) is 3. The quantitative estimate of drug-likeness (QED) is 0.315. The second kappa shape index (κ2) is 11.1. The Labute approximate surface area is 202 Å². The summed E-state index contributed by atoms with van der Waals surface area (Å²) < 4.78 is 0. The standard InChI is InChI=1S/C30H32N2O2/c1-23(25-15-7-4-8-16-25)32(21-24-13-5-3-6-14-24)29-20-12-11-19-28(29)31(2)30(34)27-18-10-9-17-26(27)22-33/h3-18,22-23,28-29H,19-21H2,1-2H3/t23-,28?,29?/m1/s1. The molecular formula is C30H32N2O2. The lowest BCUT2D eigenvalue weighted by Gasteiger charge is -2.45. The Kier molecular flexibility index (Phi) is 7.71. The highest BCUT2D eigenvalue weighted by Gasteiger charge is 2.36. The molecule has 174 valence electrons. The normalized spacial score (nSPS) is 18.4. The first kappa shape index (κ1) is 23.7. The minimum Gasteiger partial charge on any atom is -0.337 e. The minimum absolute atomic E-state index is 0.00733. The SMILES string of the molecule is C[C@H](c1ccccc1)N(Cc1ccccc1)C1CC=CCC1N(C)C(=O)c1ccccc1C=O. The number of benzene rings is 3. The third-order valence-electron chi connectivity index (χ3n) is 6.92. The van der Waals surface area contributed by atoms with Crippen molar-refractivity contribution >= 4 is 12.2 Å². The lowest BCUT2D eigenvalue weighted by molar-refractivity contribution is 0.0422. The number of hydrogen-bond donors (Lipinski definition) is 0. The van der Waals surface area contributed by atoms with Crippen molar-refractivity contribution in [2.24, 2.45) is 0 Å². The molecule has 1 amide bonds. The molecule has 0 N–H and O–H groups in total. The van der Waals surface area contributed by atoms with Crippen molar-refractivity contribution in [1.82, 2.24) is 9.80 Å². The Morgan fingerprint density at radius 1 is 0.882 bits per heavy atom. The third kappa shape index (κ3) is 5.18. The lowest BCUT2D eigenvalue weighted by atomic mass is 9.90. The molecule has 0 bridgehead atoms. The molecule has 3 aromatic rings. The molecule has 0 aromatic heterocycles. The molecule has 0 heterocycles. The van der Waals surface area contributed by atoms with Gasteiger partial charge < -0.3 is 4.90 Å². The van der Waals surface area contributed by atoms with Gasteiger partial charge in [0.15, 0.2) is 6.29 Å². The van der Waals surface area contributed by atoms with Crippen LogP contribution in [0.4, 0.5) is 0 Å². The topological polar surface area (TPSA) is 40.6 Å². The number of amides is 1. The monoisotopic (exact) mass is 452 g/mol. The Morgan fingerprint density at radius 3 is 2.15 bits per heavy atom. The molecule has 3 atom stereocenters. The predicted octanol–water partition coefficient (Wildman–Crippen LogP) is 5.92. The largest absolute Gasteiger partial charge is 0.337 e. The van der Waals surface area contributed by atoms with E-state index in [4.69, 9.17) is 0 Å². The molecule has 1 aliphatic carbocycles. The van der Waals surface area contributed by atoms with Crippen LogP contribution in [0, 0.1) is 0 Å². The number of carbonyl (C=O) groups is 2. The summed E-state index contributed by atoms with van der Waals surface area (Å²) in [4.78, 5) is 29.4. The maximum atomic E-state index is 13.5. The average molecular weight is 453 g/mol. The van der Waals surface area contributed by atoms with Gasteiger partial charge in [-0.25, -0.2) is 0 Å². The third-order valence-corrected chi connectivity index (χ3v) is 6.92. The molecular weight excluding hydrogens is 420 g/mol. The van der Waals surface area contributed by atoms with E-state index in [-0.39, 0.29) is 24.0 Å². The molecule has 1 aliphatic rings. The zero-order valence-corrected chi connectivity index (χ0v) is 19.9. The molecule has 0 saturated heterocycles. The zero-order valence-electron chi connectivity index (χ0n) is 19.9. The summed E-state index contributed by atoms with van der Waals surface area (Å²) in [5.74, 6) is -0.111. The fourth-order valence-corrected chi connectivity index (χ4v) is 4.95. The second-order valence-electron chi connectivity index (χ2n) is 8.94. The van der Waals surface area contributed by atoms with Crippen molar-refractivity contribution < 1.29 is 9.59 Å². The molecule has 4 nitrogen and oxygen atoms in total. The average Bonchev–Trinajstić information content (AvgIpc) is 2.91. The van der Waals surface area contributed by atoms with Gasteiger partial charge in [0.25, 0.3) is 5.91 Å². The van der Waals surface area contributed by atoms with Crippen LogP contribution in [0.25, 0.3) is 0 Å². The van der Waals surface area contributed by atoms with Crippen molar-refractivity contribution in [3.8, 4) is 0 Å². The van der Waals surface area contributed by atoms with Crippen LogP contribution in [-0.4, -0.2) is 41.1 Å². The number of likely N-dealkylation sites (N-methyl/N-ethyl adjacent to an activating group) is 1. The van der Waals surface area contributed by atoms with Gasteiger partial charge in [-0.3, -0.25) is 14.5 Å². The van der Waals surface area contributed by atoms with Gasteiger partial charge in [0, 0.05) is 31.2 Å². The van der Waals surface area contributed by atoms with E-state index in [2.05, 4.69) is 72.5 Å². The van der Waals surface area contributed by atoms with Gasteiger partial charge in [-0.1, -0.05) is 91.0 Å². The van der Waals surface area contributed by atoms with E-state index in [1.54, 1.807) is 18.2 Å². The first-order chi connectivity index (χ1) is 16.6. The number of aldehydes is 1. The van der Waals surface area contributed by atoms with Crippen LogP contribution in [0.1, 0.15) is 57.7 Å². The molecule has 0 saturated carbocycles. The van der Waals surface area contributed by atoms with Crippen molar-refractivity contribution in [1.29, 1.82) is 0 Å². The van der Waals surface area contributed by atoms with E-state index in [1.807, 2.05) is 30.1 Å². The predicted molar refractivity (Wildman–Crippen MR) is 137 cm³/mol. The fourth-order valence-electron chi connectivity index (χ4n) is 4.95. The number of carbonyl (C=O) groups excluding carboxylic acids is 2. The van der Waals surface area contributed by atoms with Crippen LogP contribution >= 0.6 is 0 Å². The second-order valence-corrected chi connectivity index (χ2v) is 8.94. The molecule has 0 spiro atoms. The van der Waals surface area contributed by atoms with Crippen molar-refractivity contribution in [2.75, 3.05) is 7.05 Å². The summed E-state index contributed by atoms with van der Waals surface area (Å²) >= 11 is 0. The first-order valence-corrected chi connectivity index (χ1v) is 11.9. The minimum atomic E-state index is -0.111. The number of nitrogens with zero attached hydrogens (tertiary/aromatic N) is 2. The molecule has 0 aliphatic heterocycles. The summed E-state index contributed by atoms with van der Waals surface area (Å²) in [5, 5.41) is 0. The highest BCUT2D eigenvalue weighted by molar-refractivity contribution is 6.01. The Hall–Kier alpha value is -3.50. The van der Waals surface area contributed by atoms with E-state index in [0.717, 1.165) is 25.7 Å². The van der Waals surface area contributed by atoms with E-state index in [0.29, 0.717) is 11.1 Å². The lowest BCUT2D eigenvalue weighted by Crippen LogP contribution is -2.53. The van der Waals surface area contributed by atoms with Crippen LogP contribution in [0.3, 0.4) is 0 Å². The van der Waals surface area contributed by atoms with Gasteiger partial charge >= 0.3 is 0 Å². The Morgan fingerprint density at radius 2 is 1.47 bits per heavy atom. The summed E-state index contributed by atoms with van der Waals surface area (Å²) in [6, 6.07) is 28.4. The van der Waals surface area contributed by atoms with Crippen LogP contribution in [0.2, 0.25) is 0 Å². The van der Waals surface area contributed by atoms with Crippen LogP contribution in [0.15, 0.2) is 97.1 Å². The Bertz CT molecular complexity index is 1130. The van der Waals surface area contributed by atoms with E-state index < -0.39 is 0 Å². The van der Waals surface area contributed by atoms with Crippen molar-refractivity contribution in [2.45, 2.75) is 44.4 Å². The first-order valence-electron chi connectivity index (χ1n) is 11.9. The van der Waals surface area contributed by atoms with Gasteiger partial charge in [0.05, 0.1) is 11.6 Å². The van der Waals surface area contributed by atoms with Gasteiger partial charge in [-0.15, -0.1) is 0 Å². The molecule has 0 fully saturated rings. The summed E-state index contributed by atoms with van der Waals surface area (Å²) in [6.45, 7) is 3.04. The fraction of sp³-hybridized carbons (Fsp3) is 0.267. The summed E-state index contributed by atoms with van der Waals surface area (Å²) in [5.41, 5.74) is 3.39. The van der Waals surface area contributed by atoms with Gasteiger partial charge in [-0.2, -0.15) is 0 Å². The smallest absolute Gasteiger partial charge is 0.254 e. The van der Waals surface area contributed by atoms with E-state index in [1.165, 1.54) is 11.1 Å². The highest BCUT2D eigenvalue weighted by atomic mass is 16.2. The van der Waals surface area contributed by atoms with Gasteiger partial charge in [0.2, 0.25) is 0 Å². The molecule has 2 unspecified atom stereocenters. The zero-order chi connectivity index (χ0) is 23.9. The summed E-state index contributed by atoms with van der Waals surface area (Å²) in [6.07, 6.45) is 6.81. The molecule has 34 heavy (non-hydrogen) atoms. The van der Waals surface area contributed by atoms with Crippen LogP contribution < -0.4 is 0 Å². The summed E-state index contributed by atoms with van der Waals surface area (Å²) in [7, 11) is 1.87. The van der Waals surface area contributed by atoms with Crippen molar-refractivity contribution in [3.63, 3.8) is 0 Å². The molecule has 4 heteroatoms. The van der Waals surface area contributed by atoms with Crippen LogP contribution in [-0.2, 0) is 6.54 Å². The maximum Gasteiger partial charge on any atom is 0.254 e. The van der Waals surface area contributed by atoms with Gasteiger partial charge in [0.1, 0.15) is 0 Å². The Balaban J connectivity index is 1.67. The van der Waals surface area contributed by atoms with E-state index >= 15 is 0 Å². The molecule has 0 radical (unpaired) electrons. The number of rotatable bonds is 8.